The smallest absolute Gasteiger partial charge is 0.255 e. The van der Waals surface area contributed by atoms with Crippen LogP contribution in [0, 0.1) is 13.8 Å². The van der Waals surface area contributed by atoms with Gasteiger partial charge in [-0.2, -0.15) is 0 Å². The van der Waals surface area contributed by atoms with Crippen LogP contribution in [0.15, 0.2) is 67.0 Å². The minimum atomic E-state index is -0.217. The number of benzene rings is 2. The van der Waals surface area contributed by atoms with Crippen LogP contribution in [0.5, 0.6) is 0 Å². The van der Waals surface area contributed by atoms with Gasteiger partial charge in [-0.05, 0) is 74.0 Å². The number of likely N-dealkylation sites (N-methyl/N-ethyl adjacent to an activating group) is 1. The Hall–Kier alpha value is -3.51. The largest absolute Gasteiger partial charge is 0.325 e. The molecule has 3 aromatic rings. The molecule has 0 radical (unpaired) electrons. The van der Waals surface area contributed by atoms with E-state index in [-0.39, 0.29) is 18.4 Å². The molecule has 0 aliphatic carbocycles. The molecule has 0 aliphatic heterocycles. The van der Waals surface area contributed by atoms with Crippen LogP contribution in [-0.4, -0.2) is 35.3 Å². The van der Waals surface area contributed by atoms with Crippen LogP contribution in [0.4, 0.5) is 11.4 Å². The molecule has 0 fully saturated rings. The van der Waals surface area contributed by atoms with Crippen LogP contribution in [0.1, 0.15) is 27.0 Å². The lowest BCUT2D eigenvalue weighted by Gasteiger charge is -2.17. The predicted molar refractivity (Wildman–Crippen MR) is 120 cm³/mol. The summed E-state index contributed by atoms with van der Waals surface area (Å²) in [6.45, 7) is 4.76. The first kappa shape index (κ1) is 21.2. The zero-order valence-corrected chi connectivity index (χ0v) is 17.5. The van der Waals surface area contributed by atoms with Gasteiger partial charge in [-0.15, -0.1) is 0 Å². The number of rotatable bonds is 7. The summed E-state index contributed by atoms with van der Waals surface area (Å²) in [4.78, 5) is 31.1. The zero-order chi connectivity index (χ0) is 21.5. The number of pyridine rings is 1. The molecule has 30 heavy (non-hydrogen) atoms. The average Bonchev–Trinajstić information content (AvgIpc) is 2.70. The molecule has 0 unspecified atom stereocenters. The van der Waals surface area contributed by atoms with Gasteiger partial charge >= 0.3 is 0 Å². The third kappa shape index (κ3) is 5.99. The number of aromatic nitrogens is 1. The Labute approximate surface area is 177 Å². The standard InChI is InChI=1S/C24H26N4O2/c1-17-5-4-6-21(13-17)26-24(30)20-8-7-18(2)22(14-20)27-23(29)16-28(3)15-19-9-11-25-12-10-19/h4-14H,15-16H2,1-3H3,(H,26,30)(H,27,29). The van der Waals surface area contributed by atoms with Crippen molar-refractivity contribution in [1.82, 2.24) is 9.88 Å². The highest BCUT2D eigenvalue weighted by atomic mass is 16.2. The minimum Gasteiger partial charge on any atom is -0.325 e. The number of hydrogen-bond acceptors (Lipinski definition) is 4. The van der Waals surface area contributed by atoms with Gasteiger partial charge in [0.25, 0.3) is 5.91 Å². The van der Waals surface area contributed by atoms with Crippen LogP contribution in [0.25, 0.3) is 0 Å². The summed E-state index contributed by atoms with van der Waals surface area (Å²) < 4.78 is 0. The highest BCUT2D eigenvalue weighted by molar-refractivity contribution is 6.05. The second-order valence-corrected chi connectivity index (χ2v) is 7.43. The lowest BCUT2D eigenvalue weighted by molar-refractivity contribution is -0.117. The number of amides is 2. The Morgan fingerprint density at radius 2 is 1.73 bits per heavy atom. The molecule has 2 aromatic carbocycles. The van der Waals surface area contributed by atoms with Gasteiger partial charge in [0.05, 0.1) is 6.54 Å². The van der Waals surface area contributed by atoms with Gasteiger partial charge < -0.3 is 10.6 Å². The highest BCUT2D eigenvalue weighted by Crippen LogP contribution is 2.19. The Kier molecular flexibility index (Phi) is 6.93. The molecule has 2 amide bonds. The van der Waals surface area contributed by atoms with E-state index in [0.717, 1.165) is 22.4 Å². The van der Waals surface area contributed by atoms with Gasteiger partial charge in [-0.3, -0.25) is 19.5 Å². The fraction of sp³-hybridized carbons (Fsp3) is 0.208. The highest BCUT2D eigenvalue weighted by Gasteiger charge is 2.12. The molecule has 1 aromatic heterocycles. The molecule has 1 heterocycles. The number of anilines is 2. The first-order valence-corrected chi connectivity index (χ1v) is 9.76. The Morgan fingerprint density at radius 1 is 0.967 bits per heavy atom. The van der Waals surface area contributed by atoms with Gasteiger partial charge in [-0.1, -0.05) is 18.2 Å². The summed E-state index contributed by atoms with van der Waals surface area (Å²) in [5, 5.41) is 5.82. The van der Waals surface area contributed by atoms with Gasteiger partial charge in [0.1, 0.15) is 0 Å². The number of nitrogens with one attached hydrogen (secondary N) is 2. The quantitative estimate of drug-likeness (QED) is 0.626. The zero-order valence-electron chi connectivity index (χ0n) is 17.5. The molecule has 6 heteroatoms. The van der Waals surface area contributed by atoms with Gasteiger partial charge in [0, 0.05) is 35.9 Å². The van der Waals surface area contributed by atoms with Crippen LogP contribution < -0.4 is 10.6 Å². The molecule has 3 rings (SSSR count). The van der Waals surface area contributed by atoms with E-state index in [1.54, 1.807) is 24.5 Å². The molecule has 0 saturated carbocycles. The Morgan fingerprint density at radius 3 is 2.47 bits per heavy atom. The topological polar surface area (TPSA) is 74.3 Å². The van der Waals surface area contributed by atoms with E-state index in [1.807, 2.05) is 68.3 Å². The second-order valence-electron chi connectivity index (χ2n) is 7.43. The third-order valence-electron chi connectivity index (χ3n) is 4.67. The molecule has 0 bridgehead atoms. The summed E-state index contributed by atoms with van der Waals surface area (Å²) in [6, 6.07) is 16.8. The van der Waals surface area contributed by atoms with Crippen LogP contribution in [0.2, 0.25) is 0 Å². The van der Waals surface area contributed by atoms with E-state index in [4.69, 9.17) is 0 Å². The van der Waals surface area contributed by atoms with Crippen molar-refractivity contribution in [3.63, 3.8) is 0 Å². The predicted octanol–water partition coefficient (Wildman–Crippen LogP) is 4.02. The molecule has 154 valence electrons. The Balaban J connectivity index is 1.63. The summed E-state index contributed by atoms with van der Waals surface area (Å²) in [5.41, 5.74) is 4.92. The van der Waals surface area contributed by atoms with Crippen LogP contribution in [-0.2, 0) is 11.3 Å². The van der Waals surface area contributed by atoms with Gasteiger partial charge in [0.15, 0.2) is 0 Å². The number of aryl methyl sites for hydroxylation is 2. The van der Waals surface area contributed by atoms with Crippen molar-refractivity contribution in [3.8, 4) is 0 Å². The lowest BCUT2D eigenvalue weighted by Crippen LogP contribution is -2.30. The lowest BCUT2D eigenvalue weighted by atomic mass is 10.1. The van der Waals surface area contributed by atoms with Crippen molar-refractivity contribution in [3.05, 3.63) is 89.2 Å². The molecule has 2 N–H and O–H groups in total. The fourth-order valence-corrected chi connectivity index (χ4v) is 3.11. The summed E-state index contributed by atoms with van der Waals surface area (Å²) in [7, 11) is 1.89. The van der Waals surface area contributed by atoms with Crippen molar-refractivity contribution in [2.75, 3.05) is 24.2 Å². The maximum absolute atomic E-state index is 12.6. The average molecular weight is 402 g/mol. The van der Waals surface area contributed by atoms with Crippen LogP contribution in [0.3, 0.4) is 0 Å². The Bertz CT molecular complexity index is 1030. The minimum absolute atomic E-state index is 0.133. The normalized spacial score (nSPS) is 10.7. The van der Waals surface area contributed by atoms with E-state index in [9.17, 15) is 9.59 Å². The first-order chi connectivity index (χ1) is 14.4. The number of carbonyl (C=O) groups excluding carboxylic acids is 2. The SMILES string of the molecule is Cc1cccc(NC(=O)c2ccc(C)c(NC(=O)CN(C)Cc3ccncc3)c2)c1. The molecule has 0 atom stereocenters. The summed E-state index contributed by atoms with van der Waals surface area (Å²) in [6.07, 6.45) is 3.47. The van der Waals surface area contributed by atoms with Crippen molar-refractivity contribution >= 4 is 23.2 Å². The third-order valence-corrected chi connectivity index (χ3v) is 4.67. The van der Waals surface area contributed by atoms with Gasteiger partial charge in [-0.25, -0.2) is 0 Å². The van der Waals surface area contributed by atoms with E-state index in [0.29, 0.717) is 17.8 Å². The van der Waals surface area contributed by atoms with Crippen molar-refractivity contribution in [2.45, 2.75) is 20.4 Å². The fourth-order valence-electron chi connectivity index (χ4n) is 3.11. The summed E-state index contributed by atoms with van der Waals surface area (Å²) >= 11 is 0. The molecular weight excluding hydrogens is 376 g/mol. The molecule has 0 saturated heterocycles. The van der Waals surface area contributed by atoms with E-state index < -0.39 is 0 Å². The number of carbonyl (C=O) groups is 2. The molecular formula is C24H26N4O2. The van der Waals surface area contributed by atoms with Crippen molar-refractivity contribution in [2.24, 2.45) is 0 Å². The molecule has 0 spiro atoms. The maximum atomic E-state index is 12.6. The van der Waals surface area contributed by atoms with E-state index in [1.165, 1.54) is 0 Å². The van der Waals surface area contributed by atoms with E-state index >= 15 is 0 Å². The van der Waals surface area contributed by atoms with Crippen LogP contribution >= 0.6 is 0 Å². The number of hydrogen-bond donors (Lipinski definition) is 2. The monoisotopic (exact) mass is 402 g/mol. The second kappa shape index (κ2) is 9.80. The summed E-state index contributed by atoms with van der Waals surface area (Å²) in [5.74, 6) is -0.350. The van der Waals surface area contributed by atoms with E-state index in [2.05, 4.69) is 15.6 Å². The number of nitrogens with zero attached hydrogens (tertiary/aromatic N) is 2. The first-order valence-electron chi connectivity index (χ1n) is 9.76. The molecule has 0 aliphatic rings. The van der Waals surface area contributed by atoms with Gasteiger partial charge in [0.2, 0.25) is 5.91 Å². The van der Waals surface area contributed by atoms with Crippen molar-refractivity contribution in [1.29, 1.82) is 0 Å². The molecule has 6 nitrogen and oxygen atoms in total. The van der Waals surface area contributed by atoms with Crippen molar-refractivity contribution < 1.29 is 9.59 Å². The maximum Gasteiger partial charge on any atom is 0.255 e.